The average Bonchev–Trinajstić information content (AvgIpc) is 2.38. The molecule has 1 aliphatic heterocycles. The van der Waals surface area contributed by atoms with E-state index in [1.54, 1.807) is 13.2 Å². The Kier molecular flexibility index (Phi) is 5.36. The van der Waals surface area contributed by atoms with E-state index in [1.807, 2.05) is 0 Å². The van der Waals surface area contributed by atoms with E-state index in [0.717, 1.165) is 12.4 Å². The van der Waals surface area contributed by atoms with E-state index in [-0.39, 0.29) is 0 Å². The van der Waals surface area contributed by atoms with Crippen molar-refractivity contribution in [3.8, 4) is 0 Å². The number of anilines is 1. The molecule has 0 spiro atoms. The molecular weight excluding hydrogens is 264 g/mol. The monoisotopic (exact) mass is 284 g/mol. The van der Waals surface area contributed by atoms with Gasteiger partial charge in [0.25, 0.3) is 0 Å². The molecule has 0 atom stereocenters. The Bertz CT molecular complexity index is 408. The van der Waals surface area contributed by atoms with Crippen molar-refractivity contribution >= 4 is 17.4 Å². The number of hydrogen-bond acceptors (Lipinski definition) is 5. The number of likely N-dealkylation sites (tertiary alicyclic amines) is 1. The van der Waals surface area contributed by atoms with Crippen LogP contribution in [0.15, 0.2) is 6.07 Å². The van der Waals surface area contributed by atoms with E-state index in [1.165, 1.54) is 25.9 Å². The van der Waals surface area contributed by atoms with Crippen LogP contribution in [0.5, 0.6) is 0 Å². The van der Waals surface area contributed by atoms with Crippen molar-refractivity contribution in [2.24, 2.45) is 5.92 Å². The van der Waals surface area contributed by atoms with Gasteiger partial charge in [0.2, 0.25) is 0 Å². The number of piperidine rings is 1. The summed E-state index contributed by atoms with van der Waals surface area (Å²) in [4.78, 5) is 10.9. The van der Waals surface area contributed by atoms with Gasteiger partial charge in [0.15, 0.2) is 5.82 Å². The number of aromatic nitrogens is 2. The van der Waals surface area contributed by atoms with Crippen LogP contribution in [-0.2, 0) is 11.3 Å². The topological polar surface area (TPSA) is 50.3 Å². The van der Waals surface area contributed by atoms with Gasteiger partial charge in [0.05, 0.1) is 0 Å². The lowest BCUT2D eigenvalue weighted by Crippen LogP contribution is -2.33. The molecule has 0 bridgehead atoms. The summed E-state index contributed by atoms with van der Waals surface area (Å²) in [6, 6.07) is 1.76. The van der Waals surface area contributed by atoms with Crippen LogP contribution in [0.3, 0.4) is 0 Å². The van der Waals surface area contributed by atoms with Crippen LogP contribution in [0.4, 0.5) is 5.82 Å². The molecule has 0 aliphatic carbocycles. The van der Waals surface area contributed by atoms with Crippen molar-refractivity contribution in [1.82, 2.24) is 14.9 Å². The number of methoxy groups -OCH3 is 1. The molecule has 0 saturated carbocycles. The number of ether oxygens (including phenoxy) is 1. The van der Waals surface area contributed by atoms with Crippen molar-refractivity contribution < 1.29 is 4.74 Å². The van der Waals surface area contributed by atoms with Crippen molar-refractivity contribution in [3.63, 3.8) is 0 Å². The lowest BCUT2D eigenvalue weighted by atomic mass is 9.97. The van der Waals surface area contributed by atoms with Crippen LogP contribution in [0.2, 0.25) is 5.15 Å². The maximum absolute atomic E-state index is 5.97. The number of halogens is 1. The van der Waals surface area contributed by atoms with Crippen molar-refractivity contribution in [1.29, 1.82) is 0 Å². The van der Waals surface area contributed by atoms with Gasteiger partial charge in [-0.2, -0.15) is 0 Å². The smallest absolute Gasteiger partial charge is 0.158 e. The van der Waals surface area contributed by atoms with Gasteiger partial charge in [0, 0.05) is 19.7 Å². The van der Waals surface area contributed by atoms with Gasteiger partial charge in [0.1, 0.15) is 17.6 Å². The molecule has 1 saturated heterocycles. The van der Waals surface area contributed by atoms with Gasteiger partial charge in [-0.05, 0) is 38.9 Å². The highest BCUT2D eigenvalue weighted by molar-refractivity contribution is 6.29. The largest absolute Gasteiger partial charge is 0.377 e. The summed E-state index contributed by atoms with van der Waals surface area (Å²) in [7, 11) is 3.79. The summed E-state index contributed by atoms with van der Waals surface area (Å²) in [5.74, 6) is 2.10. The maximum Gasteiger partial charge on any atom is 0.158 e. The summed E-state index contributed by atoms with van der Waals surface area (Å²) in [5.41, 5.74) is 0. The predicted molar refractivity (Wildman–Crippen MR) is 76.5 cm³/mol. The lowest BCUT2D eigenvalue weighted by molar-refractivity contribution is 0.178. The molecule has 2 rings (SSSR count). The van der Waals surface area contributed by atoms with E-state index >= 15 is 0 Å². The minimum absolute atomic E-state index is 0.378. The quantitative estimate of drug-likeness (QED) is 0.839. The summed E-state index contributed by atoms with van der Waals surface area (Å²) in [5, 5.41) is 3.81. The van der Waals surface area contributed by atoms with Crippen LogP contribution in [-0.4, -0.2) is 48.7 Å². The molecule has 19 heavy (non-hydrogen) atoms. The van der Waals surface area contributed by atoms with Gasteiger partial charge in [-0.15, -0.1) is 0 Å². The Morgan fingerprint density at radius 2 is 2.16 bits per heavy atom. The molecule has 106 valence electrons. The Morgan fingerprint density at radius 1 is 1.42 bits per heavy atom. The number of nitrogens with zero attached hydrogens (tertiary/aromatic N) is 3. The third-order valence-corrected chi connectivity index (χ3v) is 3.62. The molecular formula is C13H21ClN4O. The second-order valence-electron chi connectivity index (χ2n) is 5.05. The summed E-state index contributed by atoms with van der Waals surface area (Å²) in [6.45, 7) is 3.66. The molecule has 1 fully saturated rings. The molecule has 5 nitrogen and oxygen atoms in total. The Morgan fingerprint density at radius 3 is 2.84 bits per heavy atom. The predicted octanol–water partition coefficient (Wildman–Crippen LogP) is 2.03. The lowest BCUT2D eigenvalue weighted by Gasteiger charge is -2.29. The Labute approximate surface area is 119 Å². The Hall–Kier alpha value is -0.910. The fourth-order valence-electron chi connectivity index (χ4n) is 2.26. The molecule has 1 aromatic rings. The molecule has 2 heterocycles. The maximum atomic E-state index is 5.97. The molecule has 6 heteroatoms. The SMILES string of the molecule is COCc1nc(Cl)cc(NCC2CCN(C)CC2)n1. The molecule has 0 aromatic carbocycles. The van der Waals surface area contributed by atoms with Crippen LogP contribution < -0.4 is 5.32 Å². The van der Waals surface area contributed by atoms with Crippen LogP contribution in [0.1, 0.15) is 18.7 Å². The van der Waals surface area contributed by atoms with Crippen LogP contribution >= 0.6 is 11.6 Å². The number of rotatable bonds is 5. The Balaban J connectivity index is 1.88. The van der Waals surface area contributed by atoms with Gasteiger partial charge in [-0.1, -0.05) is 11.6 Å². The zero-order chi connectivity index (χ0) is 13.7. The molecule has 1 aliphatic rings. The third kappa shape index (κ3) is 4.60. The first-order valence-corrected chi connectivity index (χ1v) is 7.00. The van der Waals surface area contributed by atoms with Crippen LogP contribution in [0, 0.1) is 5.92 Å². The molecule has 0 radical (unpaired) electrons. The zero-order valence-corrected chi connectivity index (χ0v) is 12.3. The van der Waals surface area contributed by atoms with Crippen LogP contribution in [0.25, 0.3) is 0 Å². The summed E-state index contributed by atoms with van der Waals surface area (Å²) in [6.07, 6.45) is 2.46. The highest BCUT2D eigenvalue weighted by atomic mass is 35.5. The summed E-state index contributed by atoms with van der Waals surface area (Å²) < 4.78 is 5.03. The minimum atomic E-state index is 0.378. The summed E-state index contributed by atoms with van der Waals surface area (Å²) >= 11 is 5.97. The van der Waals surface area contributed by atoms with Gasteiger partial charge in [-0.25, -0.2) is 9.97 Å². The first kappa shape index (κ1) is 14.5. The second-order valence-corrected chi connectivity index (χ2v) is 5.44. The zero-order valence-electron chi connectivity index (χ0n) is 11.5. The van der Waals surface area contributed by atoms with E-state index < -0.39 is 0 Å². The first-order valence-electron chi connectivity index (χ1n) is 6.62. The highest BCUT2D eigenvalue weighted by Gasteiger charge is 2.16. The third-order valence-electron chi connectivity index (χ3n) is 3.42. The molecule has 1 aromatic heterocycles. The fraction of sp³-hybridized carbons (Fsp3) is 0.692. The molecule has 0 amide bonds. The molecule has 0 unspecified atom stereocenters. The van der Waals surface area contributed by atoms with E-state index in [9.17, 15) is 0 Å². The van der Waals surface area contributed by atoms with Gasteiger partial charge in [-0.3, -0.25) is 0 Å². The van der Waals surface area contributed by atoms with Gasteiger partial charge < -0.3 is 15.0 Å². The average molecular weight is 285 g/mol. The standard InChI is InChI=1S/C13H21ClN4O/c1-18-5-3-10(4-6-18)8-15-12-7-11(14)16-13(17-12)9-19-2/h7,10H,3-6,8-9H2,1-2H3,(H,15,16,17). The number of nitrogens with one attached hydrogen (secondary N) is 1. The normalized spacial score (nSPS) is 17.6. The first-order chi connectivity index (χ1) is 9.17. The number of hydrogen-bond donors (Lipinski definition) is 1. The van der Waals surface area contributed by atoms with E-state index in [0.29, 0.717) is 23.5 Å². The second kappa shape index (κ2) is 7.03. The fourth-order valence-corrected chi connectivity index (χ4v) is 2.46. The van der Waals surface area contributed by atoms with E-state index in [2.05, 4.69) is 27.2 Å². The van der Waals surface area contributed by atoms with Crippen molar-refractivity contribution in [3.05, 3.63) is 17.0 Å². The minimum Gasteiger partial charge on any atom is -0.377 e. The van der Waals surface area contributed by atoms with Gasteiger partial charge >= 0.3 is 0 Å². The van der Waals surface area contributed by atoms with E-state index in [4.69, 9.17) is 16.3 Å². The van der Waals surface area contributed by atoms with Crippen molar-refractivity contribution in [2.75, 3.05) is 39.1 Å². The highest BCUT2D eigenvalue weighted by Crippen LogP contribution is 2.18. The molecule has 1 N–H and O–H groups in total. The van der Waals surface area contributed by atoms with Crippen molar-refractivity contribution in [2.45, 2.75) is 19.4 Å².